The smallest absolute Gasteiger partial charge is 0.223 e. The van der Waals surface area contributed by atoms with Crippen molar-refractivity contribution in [1.82, 2.24) is 26.1 Å². The van der Waals surface area contributed by atoms with Gasteiger partial charge in [0.1, 0.15) is 6.79 Å². The molecule has 0 radical (unpaired) electrons. The average Bonchev–Trinajstić information content (AvgIpc) is 3.32. The quantitative estimate of drug-likeness (QED) is 0.681. The summed E-state index contributed by atoms with van der Waals surface area (Å²) in [7, 11) is 3.91. The zero-order chi connectivity index (χ0) is 22.7. The van der Waals surface area contributed by atoms with Crippen molar-refractivity contribution in [3.8, 4) is 11.3 Å². The molecule has 5 N–H and O–H groups in total. The van der Waals surface area contributed by atoms with Crippen LogP contribution < -0.4 is 11.5 Å². The Morgan fingerprint density at radius 3 is 2.26 bits per heavy atom. The monoisotopic (exact) mass is 433 g/mol. The van der Waals surface area contributed by atoms with E-state index in [9.17, 15) is 9.90 Å². The number of aromatic nitrogens is 2. The maximum Gasteiger partial charge on any atom is 0.223 e. The maximum absolute atomic E-state index is 11.6. The summed E-state index contributed by atoms with van der Waals surface area (Å²) in [5.74, 6) is 0.170. The number of β-amino-alcohol motifs (C(OH)–C–C–N with tert-alkyl or cyclic N) is 1. The van der Waals surface area contributed by atoms with Gasteiger partial charge in [-0.05, 0) is 36.1 Å². The molecule has 1 unspecified atom stereocenters. The predicted octanol–water partition coefficient (Wildman–Crippen LogP) is 2.80. The van der Waals surface area contributed by atoms with Gasteiger partial charge in [0.05, 0.1) is 11.8 Å². The molecule has 1 atom stereocenters. The van der Waals surface area contributed by atoms with E-state index in [1.807, 2.05) is 37.8 Å². The fourth-order valence-corrected chi connectivity index (χ4v) is 3.19. The van der Waals surface area contributed by atoms with Gasteiger partial charge in [0.25, 0.3) is 0 Å². The lowest BCUT2D eigenvalue weighted by Crippen LogP contribution is -2.32. The summed E-state index contributed by atoms with van der Waals surface area (Å²) < 4.78 is 1.88. The van der Waals surface area contributed by atoms with E-state index in [-0.39, 0.29) is 23.6 Å². The third-order valence-corrected chi connectivity index (χ3v) is 4.65. The Balaban J connectivity index is 0.000000527. The summed E-state index contributed by atoms with van der Waals surface area (Å²) in [5, 5.41) is 16.5. The average molecular weight is 434 g/mol. The molecule has 0 spiro atoms. The fraction of sp³-hybridized carbons (Fsp3) is 0.522. The molecule has 1 aliphatic heterocycles. The van der Waals surface area contributed by atoms with Gasteiger partial charge in [-0.3, -0.25) is 9.48 Å². The van der Waals surface area contributed by atoms with Gasteiger partial charge in [0.2, 0.25) is 5.91 Å². The van der Waals surface area contributed by atoms with Crippen molar-refractivity contribution in [3.05, 3.63) is 42.1 Å². The second-order valence-corrected chi connectivity index (χ2v) is 8.59. The molecule has 31 heavy (non-hydrogen) atoms. The highest BCUT2D eigenvalue weighted by Crippen LogP contribution is 2.21. The van der Waals surface area contributed by atoms with E-state index >= 15 is 0 Å². The van der Waals surface area contributed by atoms with E-state index in [2.05, 4.69) is 55.5 Å². The van der Waals surface area contributed by atoms with Crippen LogP contribution in [0.1, 0.15) is 39.2 Å². The van der Waals surface area contributed by atoms with E-state index in [0.717, 1.165) is 25.2 Å². The number of aliphatic hydroxyl groups excluding tert-OH is 1. The number of nitrogens with zero attached hydrogens (tertiary/aromatic N) is 3. The van der Waals surface area contributed by atoms with E-state index in [4.69, 9.17) is 4.79 Å². The molecule has 1 saturated heterocycles. The summed E-state index contributed by atoms with van der Waals surface area (Å²) in [5.41, 5.74) is 3.69. The van der Waals surface area contributed by atoms with Crippen molar-refractivity contribution >= 4 is 12.7 Å². The number of aryl methyl sites for hydroxylation is 1. The third-order valence-electron chi connectivity index (χ3n) is 4.65. The molecular formula is C23H39N5O3. The zero-order valence-electron chi connectivity index (χ0n) is 19.6. The lowest BCUT2D eigenvalue weighted by Gasteiger charge is -2.22. The standard InChI is InChI=1S/C12H15N3.C10H19NO2.CH2O.H3N/c1-13-9-10-3-5-11(6-4-10)12-7-8-14-15(12)2;1-10(2,3)6-9(13)11-5-4-8(12)7-11;1-2;/h3-8,13H,9H2,1-2H3;8,12H,4-7H2,1-3H3;1H2;1H3. The van der Waals surface area contributed by atoms with Crippen LogP contribution in [0.3, 0.4) is 0 Å². The Hall–Kier alpha value is -2.55. The Bertz CT molecular complexity index is 768. The SMILES string of the molecule is C=O.CC(C)(C)CC(=O)N1CCC(O)C1.CNCc1ccc(-c2ccnn2C)cc1.N. The Kier molecular flexibility index (Phi) is 12.6. The number of carbonyl (C=O) groups excluding carboxylic acids is 2. The largest absolute Gasteiger partial charge is 0.391 e. The van der Waals surface area contributed by atoms with Gasteiger partial charge >= 0.3 is 0 Å². The molecule has 1 fully saturated rings. The first kappa shape index (κ1) is 28.5. The molecule has 1 aromatic heterocycles. The first-order valence-corrected chi connectivity index (χ1v) is 10.2. The number of aliphatic hydroxyl groups is 1. The van der Waals surface area contributed by atoms with Gasteiger partial charge in [-0.15, -0.1) is 0 Å². The number of benzene rings is 1. The lowest BCUT2D eigenvalue weighted by molar-refractivity contribution is -0.132. The van der Waals surface area contributed by atoms with Gasteiger partial charge in [-0.2, -0.15) is 5.10 Å². The van der Waals surface area contributed by atoms with Crippen molar-refractivity contribution in [2.75, 3.05) is 20.1 Å². The fourth-order valence-electron chi connectivity index (χ4n) is 3.19. The molecule has 0 aliphatic carbocycles. The van der Waals surface area contributed by atoms with Crippen LogP contribution in [0.5, 0.6) is 0 Å². The number of nitrogens with one attached hydrogen (secondary N) is 1. The van der Waals surface area contributed by atoms with E-state index < -0.39 is 0 Å². The van der Waals surface area contributed by atoms with Crippen molar-refractivity contribution in [2.24, 2.45) is 12.5 Å². The predicted molar refractivity (Wildman–Crippen MR) is 125 cm³/mol. The Morgan fingerprint density at radius 1 is 1.23 bits per heavy atom. The van der Waals surface area contributed by atoms with E-state index in [0.29, 0.717) is 13.0 Å². The molecule has 2 heterocycles. The Morgan fingerprint density at radius 2 is 1.84 bits per heavy atom. The topological polar surface area (TPSA) is 122 Å². The summed E-state index contributed by atoms with van der Waals surface area (Å²) in [6.07, 6.45) is 2.82. The summed E-state index contributed by atoms with van der Waals surface area (Å²) in [6.45, 7) is 10.3. The minimum Gasteiger partial charge on any atom is -0.391 e. The molecule has 0 saturated carbocycles. The molecular weight excluding hydrogens is 394 g/mol. The molecule has 1 aliphatic rings. The number of likely N-dealkylation sites (tertiary alicyclic amines) is 1. The van der Waals surface area contributed by atoms with Crippen LogP contribution in [0, 0.1) is 5.41 Å². The molecule has 1 amide bonds. The molecule has 2 aromatic rings. The molecule has 8 nitrogen and oxygen atoms in total. The van der Waals surface area contributed by atoms with E-state index in [1.54, 1.807) is 4.90 Å². The molecule has 174 valence electrons. The van der Waals surface area contributed by atoms with Crippen LogP contribution in [0.25, 0.3) is 11.3 Å². The highest BCUT2D eigenvalue weighted by molar-refractivity contribution is 5.77. The second kappa shape index (κ2) is 13.7. The van der Waals surface area contributed by atoms with Gasteiger partial charge in [0.15, 0.2) is 0 Å². The molecule has 8 heteroatoms. The molecule has 1 aromatic carbocycles. The van der Waals surface area contributed by atoms with Gasteiger partial charge in [0, 0.05) is 39.3 Å². The van der Waals surface area contributed by atoms with Crippen molar-refractivity contribution in [1.29, 1.82) is 0 Å². The summed E-state index contributed by atoms with van der Waals surface area (Å²) >= 11 is 0. The number of rotatable bonds is 4. The van der Waals surface area contributed by atoms with Crippen molar-refractivity contribution < 1.29 is 14.7 Å². The van der Waals surface area contributed by atoms with Gasteiger partial charge in [-0.25, -0.2) is 0 Å². The Labute approximate surface area is 186 Å². The number of hydrogen-bond acceptors (Lipinski definition) is 6. The van der Waals surface area contributed by atoms with Crippen LogP contribution in [0.4, 0.5) is 0 Å². The van der Waals surface area contributed by atoms with Crippen LogP contribution in [-0.2, 0) is 23.2 Å². The zero-order valence-corrected chi connectivity index (χ0v) is 19.6. The highest BCUT2D eigenvalue weighted by Gasteiger charge is 2.27. The normalized spacial score (nSPS) is 15.2. The van der Waals surface area contributed by atoms with Gasteiger partial charge in [-0.1, -0.05) is 45.0 Å². The minimum absolute atomic E-state index is 0. The van der Waals surface area contributed by atoms with E-state index in [1.165, 1.54) is 11.1 Å². The lowest BCUT2D eigenvalue weighted by atomic mass is 9.92. The highest BCUT2D eigenvalue weighted by atomic mass is 16.3. The van der Waals surface area contributed by atoms with Crippen molar-refractivity contribution in [2.45, 2.75) is 46.3 Å². The van der Waals surface area contributed by atoms with Crippen LogP contribution in [0.2, 0.25) is 0 Å². The number of hydrogen-bond donors (Lipinski definition) is 3. The minimum atomic E-state index is -0.302. The second-order valence-electron chi connectivity index (χ2n) is 8.59. The first-order chi connectivity index (χ1) is 14.2. The van der Waals surface area contributed by atoms with Crippen LogP contribution >= 0.6 is 0 Å². The van der Waals surface area contributed by atoms with Crippen LogP contribution in [0.15, 0.2) is 36.5 Å². The summed E-state index contributed by atoms with van der Waals surface area (Å²) in [4.78, 5) is 21.4. The molecule has 0 bridgehead atoms. The third kappa shape index (κ3) is 9.87. The van der Waals surface area contributed by atoms with Crippen molar-refractivity contribution in [3.63, 3.8) is 0 Å². The first-order valence-electron chi connectivity index (χ1n) is 10.2. The number of carbonyl (C=O) groups is 2. The molecule has 3 rings (SSSR count). The maximum atomic E-state index is 11.6. The summed E-state index contributed by atoms with van der Waals surface area (Å²) in [6, 6.07) is 10.6. The van der Waals surface area contributed by atoms with Gasteiger partial charge < -0.3 is 26.3 Å². The number of amides is 1. The van der Waals surface area contributed by atoms with Crippen LogP contribution in [-0.4, -0.2) is 58.7 Å².